The van der Waals surface area contributed by atoms with Gasteiger partial charge in [-0.15, -0.1) is 0 Å². The van der Waals surface area contributed by atoms with Gasteiger partial charge >= 0.3 is 0 Å². The average molecular weight is 523 g/mol. The minimum Gasteiger partial charge on any atom is -0.295 e. The third kappa shape index (κ3) is 4.10. The van der Waals surface area contributed by atoms with E-state index >= 15 is 0 Å². The molecule has 0 saturated heterocycles. The highest BCUT2D eigenvalue weighted by Crippen LogP contribution is 2.60. The molecule has 1 aromatic heterocycles. The molecule has 186 valence electrons. The first kappa shape index (κ1) is 23.6. The third-order valence-corrected chi connectivity index (χ3v) is 8.98. The van der Waals surface area contributed by atoms with E-state index in [-0.39, 0.29) is 16.1 Å². The molecule has 6 nitrogen and oxygen atoms in total. The summed E-state index contributed by atoms with van der Waals surface area (Å²) in [5.41, 5.74) is 6.02. The molecule has 2 aromatic carbocycles. The molecule has 3 aromatic rings. The minimum atomic E-state index is -0.485. The normalized spacial score (nSPS) is 26.6. The number of carbonyl (C=O) groups excluding carboxylic acids is 1. The molecule has 0 atom stereocenters. The summed E-state index contributed by atoms with van der Waals surface area (Å²) in [6.45, 7) is 1.81. The number of hydrogen-bond acceptors (Lipinski definition) is 3. The van der Waals surface area contributed by atoms with Crippen LogP contribution in [0.15, 0.2) is 52.4 Å². The first-order chi connectivity index (χ1) is 17.3. The molecule has 1 amide bonds. The van der Waals surface area contributed by atoms with E-state index in [9.17, 15) is 9.59 Å². The Bertz CT molecular complexity index is 1390. The molecule has 8 heteroatoms. The number of hydrogen-bond donors (Lipinski definition) is 2. The van der Waals surface area contributed by atoms with Crippen LogP contribution in [0, 0.1) is 24.7 Å². The van der Waals surface area contributed by atoms with E-state index in [1.807, 2.05) is 12.1 Å². The van der Waals surface area contributed by atoms with Crippen molar-refractivity contribution in [2.45, 2.75) is 50.9 Å². The fourth-order valence-electron chi connectivity index (χ4n) is 7.21. The van der Waals surface area contributed by atoms with Crippen molar-refractivity contribution in [2.75, 3.05) is 0 Å². The van der Waals surface area contributed by atoms with Gasteiger partial charge in [-0.25, -0.2) is 10.1 Å². The Morgan fingerprint density at radius 3 is 2.31 bits per heavy atom. The standard InChI is InChI=1S/C28H28Cl2N4O2/c1-16-24(15-31-32-26(35)23-7-4-21(29)11-25(23)30)27(36)34(33-16)22-5-2-20(3-6-22)28-12-17-8-18(13-28)10-19(9-17)14-28/h2-7,11,15,17-19,33H,8-10,12-14H2,1H3,(H,32,35). The van der Waals surface area contributed by atoms with Crippen LogP contribution in [0.25, 0.3) is 5.69 Å². The lowest BCUT2D eigenvalue weighted by atomic mass is 9.48. The van der Waals surface area contributed by atoms with E-state index in [0.29, 0.717) is 21.7 Å². The molecule has 0 radical (unpaired) electrons. The highest BCUT2D eigenvalue weighted by molar-refractivity contribution is 6.36. The summed E-state index contributed by atoms with van der Waals surface area (Å²) < 4.78 is 1.53. The van der Waals surface area contributed by atoms with Crippen LogP contribution in [-0.2, 0) is 5.41 Å². The van der Waals surface area contributed by atoms with E-state index in [2.05, 4.69) is 27.8 Å². The summed E-state index contributed by atoms with van der Waals surface area (Å²) in [4.78, 5) is 25.5. The van der Waals surface area contributed by atoms with Crippen molar-refractivity contribution in [2.24, 2.45) is 22.9 Å². The minimum absolute atomic E-state index is 0.224. The van der Waals surface area contributed by atoms with Gasteiger partial charge in [-0.3, -0.25) is 14.7 Å². The molecule has 7 rings (SSSR count). The van der Waals surface area contributed by atoms with Gasteiger partial charge < -0.3 is 0 Å². The highest BCUT2D eigenvalue weighted by atomic mass is 35.5. The number of halogens is 2. The fourth-order valence-corrected chi connectivity index (χ4v) is 7.71. The monoisotopic (exact) mass is 522 g/mol. The largest absolute Gasteiger partial charge is 0.295 e. The van der Waals surface area contributed by atoms with Gasteiger partial charge in [0.05, 0.1) is 28.1 Å². The Kier molecular flexibility index (Phi) is 5.84. The van der Waals surface area contributed by atoms with Gasteiger partial charge in [-0.1, -0.05) is 35.3 Å². The molecular formula is C28H28Cl2N4O2. The summed E-state index contributed by atoms with van der Waals surface area (Å²) in [5.74, 6) is 2.19. The second-order valence-electron chi connectivity index (χ2n) is 10.9. The first-order valence-electron chi connectivity index (χ1n) is 12.5. The molecule has 2 N–H and O–H groups in total. The van der Waals surface area contributed by atoms with E-state index in [1.165, 1.54) is 67.1 Å². The lowest BCUT2D eigenvalue weighted by molar-refractivity contribution is -0.00518. The fraction of sp³-hybridized carbons (Fsp3) is 0.393. The van der Waals surface area contributed by atoms with Crippen molar-refractivity contribution in [1.82, 2.24) is 15.2 Å². The van der Waals surface area contributed by atoms with Gasteiger partial charge in [0.25, 0.3) is 11.5 Å². The predicted octanol–water partition coefficient (Wildman–Crippen LogP) is 6.01. The molecule has 0 unspecified atom stereocenters. The maximum atomic E-state index is 13.1. The molecule has 0 spiro atoms. The van der Waals surface area contributed by atoms with Gasteiger partial charge in [0.15, 0.2) is 0 Å². The van der Waals surface area contributed by atoms with Crippen LogP contribution in [-0.4, -0.2) is 21.9 Å². The third-order valence-electron chi connectivity index (χ3n) is 8.43. The summed E-state index contributed by atoms with van der Waals surface area (Å²) in [6, 6.07) is 13.1. The number of aromatic amines is 1. The molecule has 4 fully saturated rings. The predicted molar refractivity (Wildman–Crippen MR) is 142 cm³/mol. The lowest BCUT2D eigenvalue weighted by Crippen LogP contribution is -2.48. The van der Waals surface area contributed by atoms with E-state index in [1.54, 1.807) is 13.0 Å². The molecule has 4 bridgehead atoms. The van der Waals surface area contributed by atoms with Crippen LogP contribution >= 0.6 is 23.2 Å². The van der Waals surface area contributed by atoms with Crippen molar-refractivity contribution in [3.8, 4) is 5.69 Å². The molecule has 0 aliphatic heterocycles. The van der Waals surface area contributed by atoms with Gasteiger partial charge in [0.2, 0.25) is 0 Å². The maximum Gasteiger partial charge on any atom is 0.280 e. The Labute approximate surface area is 219 Å². The Morgan fingerprint density at radius 2 is 1.69 bits per heavy atom. The zero-order valence-corrected chi connectivity index (χ0v) is 21.6. The number of nitrogens with one attached hydrogen (secondary N) is 2. The number of nitrogens with zero attached hydrogens (tertiary/aromatic N) is 2. The summed E-state index contributed by atoms with van der Waals surface area (Å²) in [7, 11) is 0. The van der Waals surface area contributed by atoms with Crippen LogP contribution in [0.5, 0.6) is 0 Å². The van der Waals surface area contributed by atoms with Crippen molar-refractivity contribution in [1.29, 1.82) is 0 Å². The molecule has 4 aliphatic carbocycles. The molecule has 4 saturated carbocycles. The van der Waals surface area contributed by atoms with E-state index in [4.69, 9.17) is 23.2 Å². The second kappa shape index (κ2) is 8.93. The van der Waals surface area contributed by atoms with Crippen LogP contribution in [0.2, 0.25) is 10.0 Å². The van der Waals surface area contributed by atoms with Gasteiger partial charge in [-0.2, -0.15) is 5.10 Å². The molecular weight excluding hydrogens is 495 g/mol. The van der Waals surface area contributed by atoms with Crippen LogP contribution in [0.4, 0.5) is 0 Å². The number of H-pyrrole nitrogens is 1. The van der Waals surface area contributed by atoms with Crippen LogP contribution in [0.1, 0.15) is 65.7 Å². The smallest absolute Gasteiger partial charge is 0.280 e. The van der Waals surface area contributed by atoms with E-state index in [0.717, 1.165) is 23.4 Å². The summed E-state index contributed by atoms with van der Waals surface area (Å²) in [5, 5.41) is 7.78. The summed E-state index contributed by atoms with van der Waals surface area (Å²) in [6.07, 6.45) is 9.56. The molecule has 4 aliphatic rings. The van der Waals surface area contributed by atoms with Gasteiger partial charge in [0.1, 0.15) is 0 Å². The number of hydrazone groups is 1. The zero-order chi connectivity index (χ0) is 25.0. The van der Waals surface area contributed by atoms with Crippen LogP contribution in [0.3, 0.4) is 0 Å². The Morgan fingerprint density at radius 1 is 1.06 bits per heavy atom. The Hall–Kier alpha value is -2.83. The van der Waals surface area contributed by atoms with E-state index < -0.39 is 5.91 Å². The van der Waals surface area contributed by atoms with Crippen molar-refractivity contribution in [3.05, 3.63) is 85.2 Å². The van der Waals surface area contributed by atoms with Crippen LogP contribution < -0.4 is 11.0 Å². The topological polar surface area (TPSA) is 79.2 Å². The second-order valence-corrected chi connectivity index (χ2v) is 11.7. The number of amides is 1. The lowest BCUT2D eigenvalue weighted by Gasteiger charge is -2.57. The maximum absolute atomic E-state index is 13.1. The zero-order valence-electron chi connectivity index (χ0n) is 20.1. The van der Waals surface area contributed by atoms with Gasteiger partial charge in [-0.05, 0) is 105 Å². The van der Waals surface area contributed by atoms with Gasteiger partial charge in [0, 0.05) is 10.7 Å². The SMILES string of the molecule is Cc1[nH]n(-c2ccc(C34CC5CC(CC(C5)C3)C4)cc2)c(=O)c1C=NNC(=O)c1ccc(Cl)cc1Cl. The number of aryl methyl sites for hydroxylation is 1. The highest BCUT2D eigenvalue weighted by Gasteiger charge is 2.51. The van der Waals surface area contributed by atoms with Crippen molar-refractivity contribution in [3.63, 3.8) is 0 Å². The van der Waals surface area contributed by atoms with Crippen molar-refractivity contribution >= 4 is 35.3 Å². The first-order valence-corrected chi connectivity index (χ1v) is 13.3. The number of carbonyl (C=O) groups is 1. The number of aromatic nitrogens is 2. The molecule has 1 heterocycles. The average Bonchev–Trinajstić information content (AvgIpc) is 3.11. The summed E-state index contributed by atoms with van der Waals surface area (Å²) >= 11 is 12.0. The molecule has 36 heavy (non-hydrogen) atoms. The Balaban J connectivity index is 1.20. The quantitative estimate of drug-likeness (QED) is 0.317. The van der Waals surface area contributed by atoms with Crippen molar-refractivity contribution < 1.29 is 4.79 Å². The number of benzene rings is 2. The number of rotatable bonds is 5.